The van der Waals surface area contributed by atoms with Crippen molar-refractivity contribution in [1.29, 1.82) is 0 Å². The molecule has 4 nitrogen and oxygen atoms in total. The van der Waals surface area contributed by atoms with Crippen molar-refractivity contribution in [2.45, 2.75) is 122 Å². The van der Waals surface area contributed by atoms with Gasteiger partial charge in [0.15, 0.2) is 0 Å². The molecule has 0 radical (unpaired) electrons. The summed E-state index contributed by atoms with van der Waals surface area (Å²) in [6.07, 6.45) is 16.0. The summed E-state index contributed by atoms with van der Waals surface area (Å²) in [4.78, 5) is 7.55. The molecule has 0 spiro atoms. The van der Waals surface area contributed by atoms with Crippen LogP contribution in [-0.2, 0) is 13.5 Å². The molecule has 254 valence electrons. The van der Waals surface area contributed by atoms with Crippen LogP contribution in [0.2, 0.25) is 0 Å². The molecule has 2 saturated carbocycles. The van der Waals surface area contributed by atoms with Crippen LogP contribution in [-0.4, -0.2) is 71.6 Å². The summed E-state index contributed by atoms with van der Waals surface area (Å²) >= 11 is 0. The Morgan fingerprint density at radius 2 is 1.35 bits per heavy atom. The van der Waals surface area contributed by atoms with E-state index in [4.69, 9.17) is 0 Å². The number of hydrogen-bond donors (Lipinski definition) is 0. The van der Waals surface area contributed by atoms with Gasteiger partial charge >= 0.3 is 0 Å². The van der Waals surface area contributed by atoms with E-state index in [-0.39, 0.29) is 0 Å². The van der Waals surface area contributed by atoms with E-state index < -0.39 is 0 Å². The van der Waals surface area contributed by atoms with E-state index in [2.05, 4.69) is 130 Å². The maximum atomic E-state index is 2.60. The highest BCUT2D eigenvalue weighted by Gasteiger charge is 2.37. The second-order valence-electron chi connectivity index (χ2n) is 15.6. The molecule has 0 bridgehead atoms. The number of nitrogens with zero attached hydrogens (tertiary/aromatic N) is 4. The van der Waals surface area contributed by atoms with E-state index in [0.29, 0.717) is 6.04 Å². The molecule has 2 aliphatic carbocycles. The number of aromatic nitrogens is 1. The Morgan fingerprint density at radius 3 is 2.11 bits per heavy atom. The summed E-state index contributed by atoms with van der Waals surface area (Å²) in [6.45, 7) is 11.7. The molecule has 0 N–H and O–H groups in total. The standard InChI is InChI=1S/C11H21N.C11H15N.C10H19N.C10H11N/c2*1-9-11-6-4-3-5-10(11)7-8-12(9)2;2*1-8-7-9-5-3-4-6-10(9)11(8)2/h9-11H,3-8H2,1-2H3;3-6,9H,7-8H2,1-2H3;8-10H,3-7H2,1-2H3;3-7H,1-2H3. The van der Waals surface area contributed by atoms with Gasteiger partial charge in [0.2, 0.25) is 0 Å². The minimum Gasteiger partial charge on any atom is -0.348 e. The Morgan fingerprint density at radius 1 is 0.674 bits per heavy atom. The molecule has 3 aromatic rings. The van der Waals surface area contributed by atoms with Gasteiger partial charge in [0.25, 0.3) is 0 Å². The highest BCUT2D eigenvalue weighted by atomic mass is 15.2. The van der Waals surface area contributed by atoms with E-state index in [1.54, 1.807) is 0 Å². The predicted molar refractivity (Wildman–Crippen MR) is 199 cm³/mol. The lowest BCUT2D eigenvalue weighted by Gasteiger charge is -2.45. The molecule has 4 heteroatoms. The van der Waals surface area contributed by atoms with E-state index in [9.17, 15) is 0 Å². The van der Waals surface area contributed by atoms with E-state index in [1.807, 2.05) is 0 Å². The summed E-state index contributed by atoms with van der Waals surface area (Å²) < 4.78 is 2.20. The van der Waals surface area contributed by atoms with Crippen LogP contribution in [0.5, 0.6) is 0 Å². The van der Waals surface area contributed by atoms with Crippen LogP contribution in [0.3, 0.4) is 0 Å². The van der Waals surface area contributed by atoms with Crippen LogP contribution >= 0.6 is 0 Å². The minimum atomic E-state index is 0.593. The lowest BCUT2D eigenvalue weighted by molar-refractivity contribution is 0.0509. The molecule has 0 amide bonds. The summed E-state index contributed by atoms with van der Waals surface area (Å²) in [5, 5.41) is 1.33. The van der Waals surface area contributed by atoms with Crippen LogP contribution < -0.4 is 0 Å². The fourth-order valence-electron chi connectivity index (χ4n) is 9.38. The third-order valence-corrected chi connectivity index (χ3v) is 13.0. The number of benzene rings is 2. The van der Waals surface area contributed by atoms with Gasteiger partial charge < -0.3 is 14.4 Å². The van der Waals surface area contributed by atoms with E-state index in [1.165, 1.54) is 111 Å². The Balaban J connectivity index is 0.000000121. The Labute approximate surface area is 282 Å². The maximum absolute atomic E-state index is 2.60. The number of para-hydroxylation sites is 1. The quantitative estimate of drug-likeness (QED) is 0.247. The highest BCUT2D eigenvalue weighted by molar-refractivity contribution is 5.81. The maximum Gasteiger partial charge on any atom is 0.0479 e. The highest BCUT2D eigenvalue weighted by Crippen LogP contribution is 2.39. The number of aryl methyl sites for hydroxylation is 2. The molecule has 1 aromatic heterocycles. The molecule has 46 heavy (non-hydrogen) atoms. The molecule has 4 heterocycles. The molecule has 4 fully saturated rings. The molecular weight excluding hydrogens is 560 g/mol. The fraction of sp³-hybridized carbons (Fsp3) is 0.667. The van der Waals surface area contributed by atoms with Crippen molar-refractivity contribution >= 4 is 10.9 Å². The molecule has 2 saturated heterocycles. The van der Waals surface area contributed by atoms with Gasteiger partial charge in [-0.25, -0.2) is 0 Å². The average Bonchev–Trinajstić information content (AvgIpc) is 3.54. The third kappa shape index (κ3) is 8.28. The van der Waals surface area contributed by atoms with Crippen molar-refractivity contribution in [3.8, 4) is 0 Å². The Hall–Kier alpha value is -2.14. The number of likely N-dealkylation sites (N-methyl/N-ethyl adjacent to an activating group) is 1. The van der Waals surface area contributed by atoms with Crippen LogP contribution in [0.15, 0.2) is 54.6 Å². The SMILES string of the molecule is CC1C2CCCCC2CCN1C.CC1CC2CCCCC2N1C.CC1c2ccccc2CCN1C.Cc1cc2ccccc2n1C. The molecule has 3 aliphatic heterocycles. The first-order valence-corrected chi connectivity index (χ1v) is 18.9. The van der Waals surface area contributed by atoms with Crippen LogP contribution in [0.25, 0.3) is 10.9 Å². The second kappa shape index (κ2) is 16.3. The fourth-order valence-corrected chi connectivity index (χ4v) is 9.38. The normalized spacial score (nSPS) is 31.2. The zero-order chi connectivity index (χ0) is 32.8. The first-order valence-electron chi connectivity index (χ1n) is 18.9. The van der Waals surface area contributed by atoms with Gasteiger partial charge in [0, 0.05) is 49.0 Å². The van der Waals surface area contributed by atoms with Gasteiger partial charge in [-0.1, -0.05) is 74.6 Å². The first-order chi connectivity index (χ1) is 22.2. The molecule has 5 aliphatic rings. The molecule has 7 atom stereocenters. The van der Waals surface area contributed by atoms with Crippen molar-refractivity contribution in [3.05, 3.63) is 71.4 Å². The largest absolute Gasteiger partial charge is 0.348 e. The predicted octanol–water partition coefficient (Wildman–Crippen LogP) is 9.51. The second-order valence-corrected chi connectivity index (χ2v) is 15.6. The topological polar surface area (TPSA) is 14.7 Å². The molecule has 8 rings (SSSR count). The van der Waals surface area contributed by atoms with Crippen molar-refractivity contribution < 1.29 is 0 Å². The summed E-state index contributed by atoms with van der Waals surface area (Å²) in [5.41, 5.74) is 5.66. The van der Waals surface area contributed by atoms with Crippen molar-refractivity contribution in [3.63, 3.8) is 0 Å². The van der Waals surface area contributed by atoms with Crippen LogP contribution in [0.4, 0.5) is 0 Å². The number of hydrogen-bond acceptors (Lipinski definition) is 3. The Kier molecular flexibility index (Phi) is 12.5. The zero-order valence-electron chi connectivity index (χ0n) is 30.7. The summed E-state index contributed by atoms with van der Waals surface area (Å²) in [5.74, 6) is 3.14. The molecular formula is C42H66N4. The lowest BCUT2D eigenvalue weighted by Crippen LogP contribution is -2.46. The van der Waals surface area contributed by atoms with Crippen molar-refractivity contribution in [2.75, 3.05) is 34.2 Å². The summed E-state index contributed by atoms with van der Waals surface area (Å²) in [6, 6.07) is 22.6. The number of fused-ring (bicyclic) bond motifs is 4. The van der Waals surface area contributed by atoms with Gasteiger partial charge in [0.05, 0.1) is 0 Å². The lowest BCUT2D eigenvalue weighted by atomic mass is 9.71. The van der Waals surface area contributed by atoms with Gasteiger partial charge in [-0.15, -0.1) is 0 Å². The monoisotopic (exact) mass is 627 g/mol. The summed E-state index contributed by atoms with van der Waals surface area (Å²) in [7, 11) is 8.88. The number of rotatable bonds is 0. The number of piperidine rings is 1. The van der Waals surface area contributed by atoms with Gasteiger partial charge in [-0.3, -0.25) is 4.90 Å². The zero-order valence-corrected chi connectivity index (χ0v) is 30.7. The van der Waals surface area contributed by atoms with Crippen LogP contribution in [0.1, 0.15) is 108 Å². The van der Waals surface area contributed by atoms with Crippen LogP contribution in [0, 0.1) is 24.7 Å². The average molecular weight is 627 g/mol. The minimum absolute atomic E-state index is 0.593. The van der Waals surface area contributed by atoms with E-state index >= 15 is 0 Å². The van der Waals surface area contributed by atoms with Gasteiger partial charge in [-0.05, 0) is 140 Å². The molecule has 7 unspecified atom stereocenters. The third-order valence-electron chi connectivity index (χ3n) is 13.0. The van der Waals surface area contributed by atoms with Gasteiger partial charge in [0.1, 0.15) is 0 Å². The van der Waals surface area contributed by atoms with E-state index in [0.717, 1.165) is 35.9 Å². The number of likely N-dealkylation sites (tertiary alicyclic amines) is 2. The molecule has 2 aromatic carbocycles. The van der Waals surface area contributed by atoms with Crippen molar-refractivity contribution in [1.82, 2.24) is 19.3 Å². The van der Waals surface area contributed by atoms with Crippen molar-refractivity contribution in [2.24, 2.45) is 24.8 Å². The van der Waals surface area contributed by atoms with Gasteiger partial charge in [-0.2, -0.15) is 0 Å². The first kappa shape index (κ1) is 35.2. The Bertz CT molecular complexity index is 1360. The smallest absolute Gasteiger partial charge is 0.0479 e.